The number of carbonyl (C=O) groups is 1. The molecule has 94 valence electrons. The molecule has 0 spiro atoms. The zero-order valence-corrected chi connectivity index (χ0v) is 10.7. The molecule has 0 aliphatic carbocycles. The number of pyridine rings is 1. The van der Waals surface area contributed by atoms with E-state index in [0.717, 1.165) is 0 Å². The second-order valence-electron chi connectivity index (χ2n) is 3.83. The van der Waals surface area contributed by atoms with Gasteiger partial charge in [-0.1, -0.05) is 11.6 Å². The highest BCUT2D eigenvalue weighted by atomic mass is 35.5. The molecule has 1 heterocycles. The first kappa shape index (κ1) is 13.9. The minimum Gasteiger partial charge on any atom is -0.480 e. The maximum atomic E-state index is 11.9. The molecule has 8 heteroatoms. The summed E-state index contributed by atoms with van der Waals surface area (Å²) in [6.45, 7) is 2.47. The molecule has 0 amide bonds. The lowest BCUT2D eigenvalue weighted by atomic mass is 10.1. The minimum atomic E-state index is -4.02. The van der Waals surface area contributed by atoms with Crippen LogP contribution < -0.4 is 4.72 Å². The third-order valence-electron chi connectivity index (χ3n) is 1.94. The van der Waals surface area contributed by atoms with Crippen LogP contribution in [0, 0.1) is 0 Å². The van der Waals surface area contributed by atoms with Crippen molar-refractivity contribution in [3.63, 3.8) is 0 Å². The van der Waals surface area contributed by atoms with Crippen molar-refractivity contribution < 1.29 is 18.3 Å². The van der Waals surface area contributed by atoms with E-state index in [1.807, 2.05) is 4.72 Å². The minimum absolute atomic E-state index is 0.207. The summed E-state index contributed by atoms with van der Waals surface area (Å²) in [5.41, 5.74) is -1.63. The first-order valence-electron chi connectivity index (χ1n) is 4.55. The molecule has 0 fully saturated rings. The van der Waals surface area contributed by atoms with Gasteiger partial charge in [0.05, 0.1) is 0 Å². The number of carboxylic acid groups (broad SMARTS) is 1. The van der Waals surface area contributed by atoms with Crippen molar-refractivity contribution in [2.45, 2.75) is 24.3 Å². The topological polar surface area (TPSA) is 96.4 Å². The first-order chi connectivity index (χ1) is 7.67. The van der Waals surface area contributed by atoms with Crippen LogP contribution in [0.4, 0.5) is 0 Å². The van der Waals surface area contributed by atoms with Crippen LogP contribution >= 0.6 is 11.6 Å². The summed E-state index contributed by atoms with van der Waals surface area (Å²) < 4.78 is 25.8. The molecule has 0 radical (unpaired) electrons. The normalized spacial score (nSPS) is 12.4. The van der Waals surface area contributed by atoms with Crippen LogP contribution in [0.5, 0.6) is 0 Å². The summed E-state index contributed by atoms with van der Waals surface area (Å²) in [6, 6.07) is 2.64. The molecular weight excluding hydrogens is 268 g/mol. The van der Waals surface area contributed by atoms with Gasteiger partial charge in [-0.2, -0.15) is 4.72 Å². The maximum absolute atomic E-state index is 11.9. The Hall–Kier alpha value is -1.18. The molecule has 1 aromatic heterocycles. The van der Waals surface area contributed by atoms with Crippen molar-refractivity contribution in [3.05, 3.63) is 23.5 Å². The lowest BCUT2D eigenvalue weighted by Crippen LogP contribution is -2.49. The van der Waals surface area contributed by atoms with Crippen molar-refractivity contribution in [3.8, 4) is 0 Å². The molecule has 17 heavy (non-hydrogen) atoms. The van der Waals surface area contributed by atoms with E-state index in [9.17, 15) is 13.2 Å². The smallest absolute Gasteiger partial charge is 0.324 e. The van der Waals surface area contributed by atoms with Gasteiger partial charge in [0.2, 0.25) is 10.0 Å². The van der Waals surface area contributed by atoms with E-state index in [-0.39, 0.29) is 10.0 Å². The van der Waals surface area contributed by atoms with Gasteiger partial charge in [-0.3, -0.25) is 4.79 Å². The van der Waals surface area contributed by atoms with Gasteiger partial charge in [0.15, 0.2) is 0 Å². The number of carboxylic acids is 1. The van der Waals surface area contributed by atoms with Crippen molar-refractivity contribution in [1.82, 2.24) is 9.71 Å². The second-order valence-corrected chi connectivity index (χ2v) is 5.84. The number of sulfonamides is 1. The molecule has 0 aliphatic rings. The van der Waals surface area contributed by atoms with Crippen molar-refractivity contribution in [1.29, 1.82) is 0 Å². The average Bonchev–Trinajstić information content (AvgIpc) is 2.16. The Morgan fingerprint density at radius 1 is 1.53 bits per heavy atom. The zero-order valence-electron chi connectivity index (χ0n) is 9.14. The van der Waals surface area contributed by atoms with E-state index in [1.165, 1.54) is 32.2 Å². The molecular formula is C9H11ClN2O4S. The zero-order chi connectivity index (χ0) is 13.3. The molecule has 2 N–H and O–H groups in total. The van der Waals surface area contributed by atoms with Gasteiger partial charge in [0, 0.05) is 6.20 Å². The second kappa shape index (κ2) is 4.59. The van der Waals surface area contributed by atoms with Gasteiger partial charge in [0.25, 0.3) is 0 Å². The molecule has 1 rings (SSSR count). The Balaban J connectivity index is 3.15. The van der Waals surface area contributed by atoms with Gasteiger partial charge >= 0.3 is 5.97 Å². The first-order valence-corrected chi connectivity index (χ1v) is 6.41. The fourth-order valence-corrected chi connectivity index (χ4v) is 2.83. The van der Waals surface area contributed by atoms with Gasteiger partial charge in [0.1, 0.15) is 15.6 Å². The van der Waals surface area contributed by atoms with Crippen molar-refractivity contribution in [2.24, 2.45) is 0 Å². The third kappa shape index (κ3) is 3.15. The van der Waals surface area contributed by atoms with E-state index in [0.29, 0.717) is 0 Å². The van der Waals surface area contributed by atoms with Crippen LogP contribution in [0.15, 0.2) is 23.2 Å². The van der Waals surface area contributed by atoms with Crippen LogP contribution in [0.25, 0.3) is 0 Å². The van der Waals surface area contributed by atoms with E-state index >= 15 is 0 Å². The molecule has 0 aliphatic heterocycles. The number of aromatic nitrogens is 1. The Morgan fingerprint density at radius 3 is 2.59 bits per heavy atom. The molecule has 0 saturated heterocycles. The summed E-state index contributed by atoms with van der Waals surface area (Å²) >= 11 is 5.64. The number of nitrogens with one attached hydrogen (secondary N) is 1. The van der Waals surface area contributed by atoms with Crippen LogP contribution in [0.2, 0.25) is 5.15 Å². The summed E-state index contributed by atoms with van der Waals surface area (Å²) in [5.74, 6) is -1.29. The van der Waals surface area contributed by atoms with E-state index < -0.39 is 21.5 Å². The fourth-order valence-electron chi connectivity index (χ4n) is 1.01. The maximum Gasteiger partial charge on any atom is 0.324 e. The highest BCUT2D eigenvalue weighted by Gasteiger charge is 2.33. The monoisotopic (exact) mass is 278 g/mol. The molecule has 0 saturated carbocycles. The van der Waals surface area contributed by atoms with E-state index in [2.05, 4.69) is 4.98 Å². The van der Waals surface area contributed by atoms with Crippen LogP contribution in [-0.4, -0.2) is 30.0 Å². The average molecular weight is 279 g/mol. The molecule has 1 aromatic rings. The van der Waals surface area contributed by atoms with E-state index in [4.69, 9.17) is 16.7 Å². The van der Waals surface area contributed by atoms with Crippen LogP contribution in [0.3, 0.4) is 0 Å². The summed E-state index contributed by atoms with van der Waals surface area (Å²) in [4.78, 5) is 14.2. The Labute approximate surface area is 104 Å². The van der Waals surface area contributed by atoms with Gasteiger partial charge in [-0.05, 0) is 26.0 Å². The highest BCUT2D eigenvalue weighted by Crippen LogP contribution is 2.19. The Morgan fingerprint density at radius 2 is 2.12 bits per heavy atom. The lowest BCUT2D eigenvalue weighted by Gasteiger charge is -2.20. The summed E-state index contributed by atoms with van der Waals surface area (Å²) in [7, 11) is -4.02. The predicted molar refractivity (Wildman–Crippen MR) is 61.3 cm³/mol. The molecule has 0 aromatic carbocycles. The molecule has 0 bridgehead atoms. The largest absolute Gasteiger partial charge is 0.480 e. The number of hydrogen-bond donors (Lipinski definition) is 2. The Kier molecular flexibility index (Phi) is 3.75. The number of rotatable bonds is 4. The van der Waals surface area contributed by atoms with Crippen molar-refractivity contribution in [2.75, 3.05) is 0 Å². The Bertz CT molecular complexity index is 542. The lowest BCUT2D eigenvalue weighted by molar-refractivity contribution is -0.142. The number of halogens is 1. The molecule has 6 nitrogen and oxygen atoms in total. The number of aliphatic carboxylic acids is 1. The van der Waals surface area contributed by atoms with Crippen molar-refractivity contribution >= 4 is 27.6 Å². The van der Waals surface area contributed by atoms with Crippen LogP contribution in [0.1, 0.15) is 13.8 Å². The number of nitrogens with zero attached hydrogens (tertiary/aromatic N) is 1. The summed E-state index contributed by atoms with van der Waals surface area (Å²) in [5, 5.41) is 8.64. The fraction of sp³-hybridized carbons (Fsp3) is 0.333. The molecule has 0 atom stereocenters. The predicted octanol–water partition coefficient (Wildman–Crippen LogP) is 0.877. The number of hydrogen-bond acceptors (Lipinski definition) is 4. The third-order valence-corrected chi connectivity index (χ3v) is 4.04. The standard InChI is InChI=1S/C9H11ClN2O4S/c1-9(2,8(13)14)12-17(15,16)6-4-3-5-11-7(6)10/h3-5,12H,1-2H3,(H,13,14). The van der Waals surface area contributed by atoms with Crippen LogP contribution in [-0.2, 0) is 14.8 Å². The van der Waals surface area contributed by atoms with E-state index in [1.54, 1.807) is 0 Å². The quantitative estimate of drug-likeness (QED) is 0.797. The van der Waals surface area contributed by atoms with Gasteiger partial charge in [-0.25, -0.2) is 13.4 Å². The highest BCUT2D eigenvalue weighted by molar-refractivity contribution is 7.89. The SMILES string of the molecule is CC(C)(NS(=O)(=O)c1cccnc1Cl)C(=O)O. The molecule has 0 unspecified atom stereocenters. The van der Waals surface area contributed by atoms with Gasteiger partial charge < -0.3 is 5.11 Å². The summed E-state index contributed by atoms with van der Waals surface area (Å²) in [6.07, 6.45) is 1.34. The van der Waals surface area contributed by atoms with Gasteiger partial charge in [-0.15, -0.1) is 0 Å².